The summed E-state index contributed by atoms with van der Waals surface area (Å²) in [4.78, 5) is 13.7. The van der Waals surface area contributed by atoms with Gasteiger partial charge < -0.3 is 5.11 Å². The van der Waals surface area contributed by atoms with Crippen molar-refractivity contribution in [2.75, 3.05) is 25.1 Å². The van der Waals surface area contributed by atoms with E-state index in [1.807, 2.05) is 6.26 Å². The fourth-order valence-corrected chi connectivity index (χ4v) is 4.55. The smallest absolute Gasteiger partial charge is 0.320 e. The summed E-state index contributed by atoms with van der Waals surface area (Å²) in [5, 5.41) is 9.49. The number of carbonyl (C=O) groups is 1. The van der Waals surface area contributed by atoms with E-state index in [1.54, 1.807) is 11.8 Å². The predicted octanol–water partition coefficient (Wildman–Crippen LogP) is 7.78. The topological polar surface area (TPSA) is 40.5 Å². The molecule has 0 bridgehead atoms. The molecule has 0 heterocycles. The molecule has 29 heavy (non-hydrogen) atoms. The van der Waals surface area contributed by atoms with Crippen molar-refractivity contribution in [2.24, 2.45) is 0 Å². The SMILES string of the molecule is CCCCCCCCCCCCCCCCCCN(CC)[C@@H](CCSC)C(=O)O. The first-order valence-corrected chi connectivity index (χ1v) is 14.0. The van der Waals surface area contributed by atoms with Gasteiger partial charge in [0.2, 0.25) is 0 Å². The van der Waals surface area contributed by atoms with Gasteiger partial charge in [0.25, 0.3) is 0 Å². The van der Waals surface area contributed by atoms with Crippen molar-refractivity contribution >= 4 is 17.7 Å². The molecule has 0 amide bonds. The van der Waals surface area contributed by atoms with Gasteiger partial charge >= 0.3 is 5.97 Å². The normalized spacial score (nSPS) is 12.6. The van der Waals surface area contributed by atoms with Gasteiger partial charge in [0.05, 0.1) is 0 Å². The van der Waals surface area contributed by atoms with Crippen molar-refractivity contribution in [1.29, 1.82) is 0 Å². The molecule has 4 heteroatoms. The number of carboxylic acids is 1. The van der Waals surface area contributed by atoms with Gasteiger partial charge in [0.15, 0.2) is 0 Å². The standard InChI is InChI=1S/C25H51NO2S/c1-4-6-7-8-9-10-11-12-13-14-15-16-17-18-19-20-22-26(5-2)24(25(27)28)21-23-29-3/h24H,4-23H2,1-3H3,(H,27,28)/t24-/m0/s1. The fourth-order valence-electron chi connectivity index (χ4n) is 4.09. The van der Waals surface area contributed by atoms with Crippen LogP contribution in [-0.2, 0) is 4.79 Å². The number of hydrogen-bond acceptors (Lipinski definition) is 3. The predicted molar refractivity (Wildman–Crippen MR) is 131 cm³/mol. The summed E-state index contributed by atoms with van der Waals surface area (Å²) in [5.74, 6) is 0.268. The van der Waals surface area contributed by atoms with Gasteiger partial charge in [-0.1, -0.05) is 110 Å². The highest BCUT2D eigenvalue weighted by Crippen LogP contribution is 2.15. The summed E-state index contributed by atoms with van der Waals surface area (Å²) >= 11 is 1.74. The molecular formula is C25H51NO2S. The third kappa shape index (κ3) is 18.3. The maximum Gasteiger partial charge on any atom is 0.320 e. The Kier molecular flexibility index (Phi) is 22.3. The molecule has 3 nitrogen and oxygen atoms in total. The first kappa shape index (κ1) is 28.8. The monoisotopic (exact) mass is 429 g/mol. The third-order valence-corrected chi connectivity index (χ3v) is 6.67. The number of aliphatic carboxylic acids is 1. The van der Waals surface area contributed by atoms with Crippen LogP contribution >= 0.6 is 11.8 Å². The minimum atomic E-state index is -0.655. The van der Waals surface area contributed by atoms with Gasteiger partial charge in [-0.3, -0.25) is 9.69 Å². The molecule has 1 atom stereocenters. The second kappa shape index (κ2) is 22.5. The molecule has 0 unspecified atom stereocenters. The van der Waals surface area contributed by atoms with E-state index >= 15 is 0 Å². The first-order chi connectivity index (χ1) is 14.2. The minimum absolute atomic E-state index is 0.302. The molecule has 0 aromatic carbocycles. The number of unbranched alkanes of at least 4 members (excludes halogenated alkanes) is 15. The molecular weight excluding hydrogens is 378 g/mol. The van der Waals surface area contributed by atoms with Crippen LogP contribution in [0, 0.1) is 0 Å². The summed E-state index contributed by atoms with van der Waals surface area (Å²) in [6.07, 6.45) is 24.8. The Labute approximate surface area is 186 Å². The highest BCUT2D eigenvalue weighted by Gasteiger charge is 2.23. The maximum atomic E-state index is 11.5. The Hall–Kier alpha value is -0.220. The molecule has 1 N–H and O–H groups in total. The van der Waals surface area contributed by atoms with E-state index in [0.29, 0.717) is 0 Å². The molecule has 0 aliphatic heterocycles. The van der Waals surface area contributed by atoms with Crippen molar-refractivity contribution in [3.05, 3.63) is 0 Å². The summed E-state index contributed by atoms with van der Waals surface area (Å²) < 4.78 is 0. The molecule has 0 rings (SSSR count). The summed E-state index contributed by atoms with van der Waals surface area (Å²) in [5.41, 5.74) is 0. The highest BCUT2D eigenvalue weighted by molar-refractivity contribution is 7.98. The van der Waals surface area contributed by atoms with Crippen LogP contribution < -0.4 is 0 Å². The van der Waals surface area contributed by atoms with Gasteiger partial charge in [0.1, 0.15) is 6.04 Å². The average molecular weight is 430 g/mol. The zero-order valence-electron chi connectivity index (χ0n) is 19.9. The van der Waals surface area contributed by atoms with Crippen LogP contribution in [0.1, 0.15) is 123 Å². The third-order valence-electron chi connectivity index (χ3n) is 6.03. The van der Waals surface area contributed by atoms with Crippen LogP contribution in [-0.4, -0.2) is 47.1 Å². The quantitative estimate of drug-likeness (QED) is 0.168. The molecule has 0 spiro atoms. The summed E-state index contributed by atoms with van der Waals surface area (Å²) in [6.45, 7) is 6.14. The van der Waals surface area contributed by atoms with Crippen molar-refractivity contribution < 1.29 is 9.90 Å². The minimum Gasteiger partial charge on any atom is -0.480 e. The lowest BCUT2D eigenvalue weighted by Gasteiger charge is -2.27. The molecule has 174 valence electrons. The highest BCUT2D eigenvalue weighted by atomic mass is 32.2. The van der Waals surface area contributed by atoms with Crippen LogP contribution in [0.25, 0.3) is 0 Å². The average Bonchev–Trinajstić information content (AvgIpc) is 2.71. The van der Waals surface area contributed by atoms with Gasteiger partial charge in [-0.2, -0.15) is 11.8 Å². The molecule has 0 saturated heterocycles. The number of likely N-dealkylation sites (N-methyl/N-ethyl adjacent to an activating group) is 1. The van der Waals surface area contributed by atoms with Crippen molar-refractivity contribution in [1.82, 2.24) is 4.90 Å². The Bertz CT molecular complexity index is 352. The van der Waals surface area contributed by atoms with Crippen LogP contribution in [0.15, 0.2) is 0 Å². The van der Waals surface area contributed by atoms with Crippen LogP contribution in [0.2, 0.25) is 0 Å². The van der Waals surface area contributed by atoms with E-state index in [0.717, 1.165) is 31.7 Å². The summed E-state index contributed by atoms with van der Waals surface area (Å²) in [6, 6.07) is -0.302. The van der Waals surface area contributed by atoms with Gasteiger partial charge in [0, 0.05) is 0 Å². The van der Waals surface area contributed by atoms with Crippen molar-refractivity contribution in [3.63, 3.8) is 0 Å². The molecule has 0 aliphatic rings. The Morgan fingerprint density at radius 2 is 1.17 bits per heavy atom. The molecule has 0 aromatic rings. The largest absolute Gasteiger partial charge is 0.480 e. The van der Waals surface area contributed by atoms with E-state index in [2.05, 4.69) is 18.7 Å². The lowest BCUT2D eigenvalue weighted by atomic mass is 10.0. The second-order valence-electron chi connectivity index (χ2n) is 8.57. The lowest BCUT2D eigenvalue weighted by Crippen LogP contribution is -2.42. The fraction of sp³-hybridized carbons (Fsp3) is 0.960. The van der Waals surface area contributed by atoms with Crippen LogP contribution in [0.4, 0.5) is 0 Å². The Morgan fingerprint density at radius 3 is 1.52 bits per heavy atom. The maximum absolute atomic E-state index is 11.5. The van der Waals surface area contributed by atoms with Crippen molar-refractivity contribution in [3.8, 4) is 0 Å². The van der Waals surface area contributed by atoms with Gasteiger partial charge in [-0.05, 0) is 37.9 Å². The number of carboxylic acid groups (broad SMARTS) is 1. The molecule has 0 saturated carbocycles. The molecule has 0 radical (unpaired) electrons. The number of nitrogens with zero attached hydrogens (tertiary/aromatic N) is 1. The molecule has 0 aliphatic carbocycles. The van der Waals surface area contributed by atoms with Gasteiger partial charge in [-0.25, -0.2) is 0 Å². The van der Waals surface area contributed by atoms with E-state index in [4.69, 9.17) is 0 Å². The van der Waals surface area contributed by atoms with E-state index in [1.165, 1.54) is 96.3 Å². The van der Waals surface area contributed by atoms with Crippen molar-refractivity contribution in [2.45, 2.75) is 129 Å². The first-order valence-electron chi connectivity index (χ1n) is 12.6. The number of thioether (sulfide) groups is 1. The van der Waals surface area contributed by atoms with E-state index in [-0.39, 0.29) is 6.04 Å². The van der Waals surface area contributed by atoms with E-state index < -0.39 is 5.97 Å². The Morgan fingerprint density at radius 1 is 0.759 bits per heavy atom. The number of rotatable bonds is 23. The lowest BCUT2D eigenvalue weighted by molar-refractivity contribution is -0.143. The van der Waals surface area contributed by atoms with Crippen LogP contribution in [0.5, 0.6) is 0 Å². The molecule has 0 aromatic heterocycles. The Balaban J connectivity index is 3.48. The van der Waals surface area contributed by atoms with Gasteiger partial charge in [-0.15, -0.1) is 0 Å². The molecule has 0 fully saturated rings. The summed E-state index contributed by atoms with van der Waals surface area (Å²) in [7, 11) is 0. The number of hydrogen-bond donors (Lipinski definition) is 1. The van der Waals surface area contributed by atoms with E-state index in [9.17, 15) is 9.90 Å². The second-order valence-corrected chi connectivity index (χ2v) is 9.55. The van der Waals surface area contributed by atoms with Crippen LogP contribution in [0.3, 0.4) is 0 Å². The zero-order valence-corrected chi connectivity index (χ0v) is 20.7. The zero-order chi connectivity index (χ0) is 21.6.